The molecule has 0 amide bonds. The van der Waals surface area contributed by atoms with E-state index < -0.39 is 10.9 Å². The Balaban J connectivity index is 2.19. The Labute approximate surface area is 136 Å². The Morgan fingerprint density at radius 2 is 1.92 bits per heavy atom. The minimum Gasteiger partial charge on any atom is -0.478 e. The van der Waals surface area contributed by atoms with Crippen molar-refractivity contribution in [3.8, 4) is 11.5 Å². The highest BCUT2D eigenvalue weighted by Gasteiger charge is 2.24. The number of carbonyl (C=O) groups is 1. The topological polar surface area (TPSA) is 98.9 Å². The molecule has 1 aliphatic rings. The molecule has 2 aromatic carbocycles. The van der Waals surface area contributed by atoms with E-state index in [9.17, 15) is 20.0 Å². The average molecular weight is 327 g/mol. The molecule has 0 aliphatic carbocycles. The second-order valence-electron chi connectivity index (χ2n) is 5.20. The smallest absolute Gasteiger partial charge is 0.336 e. The summed E-state index contributed by atoms with van der Waals surface area (Å²) in [5.74, 6) is -0.552. The number of nitro groups is 1. The van der Waals surface area contributed by atoms with Crippen LogP contribution in [0.4, 0.5) is 5.69 Å². The van der Waals surface area contributed by atoms with Gasteiger partial charge in [0.05, 0.1) is 22.1 Å². The minimum absolute atomic E-state index is 0.0246. The van der Waals surface area contributed by atoms with Crippen LogP contribution in [0.5, 0.6) is 11.5 Å². The number of aryl methyl sites for hydroxylation is 1. The first-order valence-corrected chi connectivity index (χ1v) is 7.06. The molecule has 1 aliphatic heterocycles. The molecule has 0 fully saturated rings. The zero-order valence-electron chi connectivity index (χ0n) is 12.7. The molecular formula is C17H13NO6. The lowest BCUT2D eigenvalue weighted by atomic mass is 9.98. The van der Waals surface area contributed by atoms with Gasteiger partial charge in [0.25, 0.3) is 5.69 Å². The summed E-state index contributed by atoms with van der Waals surface area (Å²) in [5.41, 5.74) is 1.12. The molecule has 0 unspecified atom stereocenters. The minimum atomic E-state index is -1.17. The molecule has 0 saturated carbocycles. The number of rotatable bonds is 4. The maximum atomic E-state index is 11.7. The quantitative estimate of drug-likeness (QED) is 0.400. The highest BCUT2D eigenvalue weighted by Crippen LogP contribution is 2.39. The van der Waals surface area contributed by atoms with Gasteiger partial charge in [0.2, 0.25) is 6.79 Å². The van der Waals surface area contributed by atoms with Crippen molar-refractivity contribution in [1.82, 2.24) is 0 Å². The molecule has 3 rings (SSSR count). The van der Waals surface area contributed by atoms with Crippen LogP contribution in [-0.2, 0) is 4.79 Å². The number of ether oxygens (including phenoxy) is 2. The predicted molar refractivity (Wildman–Crippen MR) is 85.9 cm³/mol. The fourth-order valence-electron chi connectivity index (χ4n) is 2.51. The molecule has 2 aromatic rings. The molecule has 0 atom stereocenters. The van der Waals surface area contributed by atoms with Crippen LogP contribution >= 0.6 is 0 Å². The van der Waals surface area contributed by atoms with Crippen molar-refractivity contribution >= 4 is 23.3 Å². The number of carboxylic acids is 1. The Morgan fingerprint density at radius 1 is 1.25 bits per heavy atom. The summed E-state index contributed by atoms with van der Waals surface area (Å²) in [6.45, 7) is 1.75. The molecular weight excluding hydrogens is 314 g/mol. The molecule has 7 nitrogen and oxygen atoms in total. The first-order valence-electron chi connectivity index (χ1n) is 7.06. The van der Waals surface area contributed by atoms with Crippen molar-refractivity contribution in [3.63, 3.8) is 0 Å². The van der Waals surface area contributed by atoms with Gasteiger partial charge in [-0.05, 0) is 30.2 Å². The van der Waals surface area contributed by atoms with Gasteiger partial charge in [0.15, 0.2) is 11.5 Å². The van der Waals surface area contributed by atoms with Crippen LogP contribution < -0.4 is 9.47 Å². The zero-order valence-corrected chi connectivity index (χ0v) is 12.7. The SMILES string of the molecule is Cc1ccccc1C(=Cc1cc2c(cc1[N+](=O)[O-])OCO2)C(=O)O. The van der Waals surface area contributed by atoms with E-state index in [0.29, 0.717) is 11.3 Å². The van der Waals surface area contributed by atoms with Crippen LogP contribution in [0.2, 0.25) is 0 Å². The maximum Gasteiger partial charge on any atom is 0.336 e. The predicted octanol–water partition coefficient (Wildman–Crippen LogP) is 3.26. The summed E-state index contributed by atoms with van der Waals surface area (Å²) in [6.07, 6.45) is 1.28. The number of hydrogen-bond donors (Lipinski definition) is 1. The molecule has 1 heterocycles. The maximum absolute atomic E-state index is 11.7. The molecule has 1 N–H and O–H groups in total. The third-order valence-electron chi connectivity index (χ3n) is 3.68. The Bertz CT molecular complexity index is 871. The number of fused-ring (bicyclic) bond motifs is 1. The summed E-state index contributed by atoms with van der Waals surface area (Å²) >= 11 is 0. The van der Waals surface area contributed by atoms with E-state index >= 15 is 0 Å². The van der Waals surface area contributed by atoms with E-state index in [1.807, 2.05) is 0 Å². The molecule has 0 bridgehead atoms. The first kappa shape index (κ1) is 15.5. The van der Waals surface area contributed by atoms with Gasteiger partial charge in [-0.1, -0.05) is 24.3 Å². The van der Waals surface area contributed by atoms with Crippen molar-refractivity contribution in [2.45, 2.75) is 6.92 Å². The van der Waals surface area contributed by atoms with Gasteiger partial charge in [-0.25, -0.2) is 4.79 Å². The second kappa shape index (κ2) is 6.04. The van der Waals surface area contributed by atoms with Gasteiger partial charge >= 0.3 is 5.97 Å². The van der Waals surface area contributed by atoms with Crippen molar-refractivity contribution < 1.29 is 24.3 Å². The van der Waals surface area contributed by atoms with Crippen molar-refractivity contribution in [2.24, 2.45) is 0 Å². The molecule has 0 saturated heterocycles. The number of hydrogen-bond acceptors (Lipinski definition) is 5. The summed E-state index contributed by atoms with van der Waals surface area (Å²) in [4.78, 5) is 22.4. The monoisotopic (exact) mass is 327 g/mol. The third-order valence-corrected chi connectivity index (χ3v) is 3.68. The van der Waals surface area contributed by atoms with Gasteiger partial charge in [-0.15, -0.1) is 0 Å². The average Bonchev–Trinajstić information content (AvgIpc) is 2.99. The summed E-state index contributed by atoms with van der Waals surface area (Å²) in [5, 5.41) is 20.9. The molecule has 122 valence electrons. The van der Waals surface area contributed by atoms with E-state index in [-0.39, 0.29) is 29.4 Å². The van der Waals surface area contributed by atoms with Crippen molar-refractivity contribution in [2.75, 3.05) is 6.79 Å². The zero-order chi connectivity index (χ0) is 17.3. The standard InChI is InChI=1S/C17H13NO6/c1-10-4-2-3-5-12(10)13(17(19)20)6-11-7-15-16(24-9-23-15)8-14(11)18(21)22/h2-8H,9H2,1H3,(H,19,20). The lowest BCUT2D eigenvalue weighted by Crippen LogP contribution is -2.02. The van der Waals surface area contributed by atoms with Crippen molar-refractivity contribution in [3.05, 3.63) is 63.2 Å². The molecule has 7 heteroatoms. The highest BCUT2D eigenvalue weighted by atomic mass is 16.7. The summed E-state index contributed by atoms with van der Waals surface area (Å²) in [6, 6.07) is 9.61. The van der Waals surface area contributed by atoms with Crippen LogP contribution in [0.1, 0.15) is 16.7 Å². The van der Waals surface area contributed by atoms with Crippen molar-refractivity contribution in [1.29, 1.82) is 0 Å². The lowest BCUT2D eigenvalue weighted by molar-refractivity contribution is -0.385. The van der Waals surface area contributed by atoms with Crippen LogP contribution in [0.3, 0.4) is 0 Å². The van der Waals surface area contributed by atoms with Crippen LogP contribution in [0, 0.1) is 17.0 Å². The van der Waals surface area contributed by atoms with Gasteiger partial charge in [0, 0.05) is 0 Å². The third kappa shape index (κ3) is 2.79. The van der Waals surface area contributed by atoms with E-state index in [1.165, 1.54) is 18.2 Å². The molecule has 0 aromatic heterocycles. The van der Waals surface area contributed by atoms with E-state index in [4.69, 9.17) is 9.47 Å². The molecule has 24 heavy (non-hydrogen) atoms. The summed E-state index contributed by atoms with van der Waals surface area (Å²) < 4.78 is 10.4. The number of nitro benzene ring substituents is 1. The Kier molecular flexibility index (Phi) is 3.91. The van der Waals surface area contributed by atoms with Crippen LogP contribution in [0.15, 0.2) is 36.4 Å². The molecule has 0 radical (unpaired) electrons. The number of aliphatic carboxylic acids is 1. The normalized spacial score (nSPS) is 13.0. The highest BCUT2D eigenvalue weighted by molar-refractivity contribution is 6.21. The fraction of sp³-hybridized carbons (Fsp3) is 0.118. The Morgan fingerprint density at radius 3 is 2.54 bits per heavy atom. The molecule has 0 spiro atoms. The first-order chi connectivity index (χ1) is 11.5. The number of carboxylic acid groups (broad SMARTS) is 1. The van der Waals surface area contributed by atoms with Gasteiger partial charge in [-0.3, -0.25) is 10.1 Å². The largest absolute Gasteiger partial charge is 0.478 e. The van der Waals surface area contributed by atoms with E-state index in [2.05, 4.69) is 0 Å². The number of benzene rings is 2. The van der Waals surface area contributed by atoms with E-state index in [0.717, 1.165) is 5.56 Å². The lowest BCUT2D eigenvalue weighted by Gasteiger charge is -2.07. The second-order valence-corrected chi connectivity index (χ2v) is 5.20. The number of nitrogens with zero attached hydrogens (tertiary/aromatic N) is 1. The Hall–Kier alpha value is -3.35. The van der Waals surface area contributed by atoms with E-state index in [1.54, 1.807) is 31.2 Å². The van der Waals surface area contributed by atoms with Gasteiger partial charge in [0.1, 0.15) is 0 Å². The van der Waals surface area contributed by atoms with Gasteiger partial charge in [-0.2, -0.15) is 0 Å². The fourth-order valence-corrected chi connectivity index (χ4v) is 2.51. The van der Waals surface area contributed by atoms with Crippen LogP contribution in [0.25, 0.3) is 11.6 Å². The van der Waals surface area contributed by atoms with Crippen LogP contribution in [-0.4, -0.2) is 22.8 Å². The van der Waals surface area contributed by atoms with Gasteiger partial charge < -0.3 is 14.6 Å². The summed E-state index contributed by atoms with van der Waals surface area (Å²) in [7, 11) is 0.